The summed E-state index contributed by atoms with van der Waals surface area (Å²) in [5.41, 5.74) is 4.52. The van der Waals surface area contributed by atoms with Crippen molar-refractivity contribution in [2.45, 2.75) is 33.6 Å². The van der Waals surface area contributed by atoms with E-state index in [1.165, 1.54) is 16.7 Å². The van der Waals surface area contributed by atoms with Crippen LogP contribution in [-0.2, 0) is 6.42 Å². The lowest BCUT2D eigenvalue weighted by Crippen LogP contribution is -1.95. The maximum absolute atomic E-state index is 7.73. The van der Waals surface area contributed by atoms with Crippen molar-refractivity contribution >= 4 is 5.71 Å². The van der Waals surface area contributed by atoms with Crippen LogP contribution < -0.4 is 0 Å². The van der Waals surface area contributed by atoms with E-state index in [9.17, 15) is 0 Å². The fourth-order valence-electron chi connectivity index (χ4n) is 1.45. The van der Waals surface area contributed by atoms with Crippen molar-refractivity contribution in [3.05, 3.63) is 47.0 Å². The molecule has 0 amide bonds. The average Bonchev–Trinajstić information content (AvgIpc) is 2.16. The molecule has 1 N–H and O–H groups in total. The number of rotatable bonds is 4. The van der Waals surface area contributed by atoms with Gasteiger partial charge in [-0.15, -0.1) is 0 Å². The zero-order valence-corrected chi connectivity index (χ0v) is 9.80. The van der Waals surface area contributed by atoms with Gasteiger partial charge in [0, 0.05) is 5.71 Å². The molecule has 0 radical (unpaired) electrons. The van der Waals surface area contributed by atoms with Crippen LogP contribution in [0.3, 0.4) is 0 Å². The van der Waals surface area contributed by atoms with Crippen molar-refractivity contribution in [1.29, 1.82) is 5.41 Å². The largest absolute Gasteiger partial charge is 0.305 e. The normalized spacial score (nSPS) is 9.80. The van der Waals surface area contributed by atoms with Gasteiger partial charge in [-0.1, -0.05) is 35.4 Å². The van der Waals surface area contributed by atoms with E-state index in [0.29, 0.717) is 0 Å². The van der Waals surface area contributed by atoms with Crippen LogP contribution in [0.2, 0.25) is 0 Å². The molecule has 0 heterocycles. The van der Waals surface area contributed by atoms with Crippen molar-refractivity contribution in [3.63, 3.8) is 0 Å². The van der Waals surface area contributed by atoms with Crippen LogP contribution in [0.4, 0.5) is 0 Å². The number of hydrogen-bond acceptors (Lipinski definition) is 1. The van der Waals surface area contributed by atoms with Gasteiger partial charge >= 0.3 is 0 Å². The first kappa shape index (κ1) is 11.7. The van der Waals surface area contributed by atoms with Crippen molar-refractivity contribution in [1.82, 2.24) is 0 Å². The Kier molecular flexibility index (Phi) is 4.29. The number of allylic oxidation sites excluding steroid dienone is 2. The predicted molar refractivity (Wildman–Crippen MR) is 66.7 cm³/mol. The second kappa shape index (κ2) is 5.50. The van der Waals surface area contributed by atoms with E-state index in [0.717, 1.165) is 18.6 Å². The first-order chi connectivity index (χ1) is 7.08. The Morgan fingerprint density at radius 1 is 1.20 bits per heavy atom. The summed E-state index contributed by atoms with van der Waals surface area (Å²) in [4.78, 5) is 0. The predicted octanol–water partition coefficient (Wildman–Crippen LogP) is 3.91. The van der Waals surface area contributed by atoms with Gasteiger partial charge in [0.05, 0.1) is 0 Å². The molecular formula is C14H19N. The molecule has 0 aliphatic heterocycles. The molecule has 0 aliphatic carbocycles. The lowest BCUT2D eigenvalue weighted by atomic mass is 10.0. The summed E-state index contributed by atoms with van der Waals surface area (Å²) in [5, 5.41) is 7.73. The third-order valence-corrected chi connectivity index (χ3v) is 2.27. The van der Waals surface area contributed by atoms with Crippen molar-refractivity contribution in [2.75, 3.05) is 0 Å². The number of benzene rings is 1. The van der Waals surface area contributed by atoms with Crippen LogP contribution in [0.5, 0.6) is 0 Å². The molecule has 80 valence electrons. The minimum atomic E-state index is 0.718. The molecule has 0 bridgehead atoms. The Balaban J connectivity index is 2.47. The molecular weight excluding hydrogens is 182 g/mol. The topological polar surface area (TPSA) is 23.9 Å². The van der Waals surface area contributed by atoms with Gasteiger partial charge in [-0.05, 0) is 45.3 Å². The molecule has 0 atom stereocenters. The standard InChI is InChI=1S/C14H19N/c1-11(2)10-14(15)9-8-13-6-4-12(3)5-7-13/h4-7,10,15H,8-9H2,1-3H3. The van der Waals surface area contributed by atoms with Gasteiger partial charge in [-0.2, -0.15) is 0 Å². The molecule has 1 aromatic carbocycles. The Bertz CT molecular complexity index is 353. The second-order valence-corrected chi connectivity index (χ2v) is 4.23. The van der Waals surface area contributed by atoms with Crippen LogP contribution in [0.15, 0.2) is 35.9 Å². The monoisotopic (exact) mass is 201 g/mol. The van der Waals surface area contributed by atoms with Crippen LogP contribution >= 0.6 is 0 Å². The molecule has 0 unspecified atom stereocenters. The van der Waals surface area contributed by atoms with E-state index in [1.807, 2.05) is 19.9 Å². The minimum absolute atomic E-state index is 0.718. The van der Waals surface area contributed by atoms with E-state index in [-0.39, 0.29) is 0 Å². The summed E-state index contributed by atoms with van der Waals surface area (Å²) in [7, 11) is 0. The van der Waals surface area contributed by atoms with E-state index < -0.39 is 0 Å². The third kappa shape index (κ3) is 4.59. The van der Waals surface area contributed by atoms with Crippen molar-refractivity contribution in [2.24, 2.45) is 0 Å². The van der Waals surface area contributed by atoms with Crippen molar-refractivity contribution in [3.8, 4) is 0 Å². The van der Waals surface area contributed by atoms with Gasteiger partial charge in [0.15, 0.2) is 0 Å². The van der Waals surface area contributed by atoms with E-state index in [4.69, 9.17) is 5.41 Å². The van der Waals surface area contributed by atoms with Crippen LogP contribution in [0.25, 0.3) is 0 Å². The number of nitrogens with one attached hydrogen (secondary N) is 1. The Morgan fingerprint density at radius 3 is 2.33 bits per heavy atom. The summed E-state index contributed by atoms with van der Waals surface area (Å²) >= 11 is 0. The molecule has 0 aromatic heterocycles. The summed E-state index contributed by atoms with van der Waals surface area (Å²) in [6.07, 6.45) is 3.73. The van der Waals surface area contributed by atoms with Crippen LogP contribution in [0.1, 0.15) is 31.4 Å². The van der Waals surface area contributed by atoms with Gasteiger partial charge in [-0.25, -0.2) is 0 Å². The number of hydrogen-bond donors (Lipinski definition) is 1. The summed E-state index contributed by atoms with van der Waals surface area (Å²) < 4.78 is 0. The molecule has 15 heavy (non-hydrogen) atoms. The van der Waals surface area contributed by atoms with E-state index >= 15 is 0 Å². The van der Waals surface area contributed by atoms with Gasteiger partial charge in [0.2, 0.25) is 0 Å². The highest BCUT2D eigenvalue weighted by molar-refractivity contribution is 5.92. The molecule has 1 heteroatoms. The third-order valence-electron chi connectivity index (χ3n) is 2.27. The molecule has 0 fully saturated rings. The first-order valence-corrected chi connectivity index (χ1v) is 5.36. The van der Waals surface area contributed by atoms with Crippen LogP contribution in [0, 0.1) is 12.3 Å². The maximum Gasteiger partial charge on any atom is 0.0316 e. The van der Waals surface area contributed by atoms with E-state index in [1.54, 1.807) is 0 Å². The lowest BCUT2D eigenvalue weighted by molar-refractivity contribution is 1.03. The SMILES string of the molecule is CC(C)=CC(=N)CCc1ccc(C)cc1. The van der Waals surface area contributed by atoms with Crippen LogP contribution in [-0.4, -0.2) is 5.71 Å². The number of aryl methyl sites for hydroxylation is 2. The minimum Gasteiger partial charge on any atom is -0.305 e. The zero-order chi connectivity index (χ0) is 11.3. The molecule has 0 aliphatic rings. The Labute approximate surface area is 92.3 Å². The smallest absolute Gasteiger partial charge is 0.0316 e. The fraction of sp³-hybridized carbons (Fsp3) is 0.357. The molecule has 0 spiro atoms. The average molecular weight is 201 g/mol. The van der Waals surface area contributed by atoms with Gasteiger partial charge in [-0.3, -0.25) is 0 Å². The van der Waals surface area contributed by atoms with Gasteiger partial charge < -0.3 is 5.41 Å². The zero-order valence-electron chi connectivity index (χ0n) is 9.80. The summed E-state index contributed by atoms with van der Waals surface area (Å²) in [5.74, 6) is 0. The molecule has 1 aromatic rings. The van der Waals surface area contributed by atoms with Crippen molar-refractivity contribution < 1.29 is 0 Å². The fourth-order valence-corrected chi connectivity index (χ4v) is 1.45. The quantitative estimate of drug-likeness (QED) is 0.714. The second-order valence-electron chi connectivity index (χ2n) is 4.23. The summed E-state index contributed by atoms with van der Waals surface area (Å²) in [6.45, 7) is 6.15. The first-order valence-electron chi connectivity index (χ1n) is 5.36. The van der Waals surface area contributed by atoms with Gasteiger partial charge in [0.25, 0.3) is 0 Å². The highest BCUT2D eigenvalue weighted by atomic mass is 14.4. The lowest BCUT2D eigenvalue weighted by Gasteiger charge is -2.01. The molecule has 1 rings (SSSR count). The highest BCUT2D eigenvalue weighted by Gasteiger charge is 1.96. The maximum atomic E-state index is 7.73. The molecule has 0 saturated heterocycles. The summed E-state index contributed by atoms with van der Waals surface area (Å²) in [6, 6.07) is 8.54. The van der Waals surface area contributed by atoms with E-state index in [2.05, 4.69) is 31.2 Å². The Hall–Kier alpha value is -1.37. The molecule has 0 saturated carbocycles. The Morgan fingerprint density at radius 2 is 1.80 bits per heavy atom. The highest BCUT2D eigenvalue weighted by Crippen LogP contribution is 2.06. The molecule has 1 nitrogen and oxygen atoms in total. The van der Waals surface area contributed by atoms with Gasteiger partial charge in [0.1, 0.15) is 0 Å².